The Bertz CT molecular complexity index is 1310. The van der Waals surface area contributed by atoms with Crippen LogP contribution in [0.2, 0.25) is 0 Å². The maximum absolute atomic E-state index is 12.8. The molecule has 4 aromatic rings. The minimum absolute atomic E-state index is 0.00590. The normalized spacial score (nSPS) is 11.5. The van der Waals surface area contributed by atoms with Gasteiger partial charge >= 0.3 is 6.18 Å². The van der Waals surface area contributed by atoms with Crippen LogP contribution in [0, 0.1) is 5.41 Å². The summed E-state index contributed by atoms with van der Waals surface area (Å²) in [7, 11) is 0. The number of anilines is 1. The van der Waals surface area contributed by atoms with Crippen LogP contribution in [-0.4, -0.2) is 21.3 Å². The third-order valence-corrected chi connectivity index (χ3v) is 4.98. The van der Waals surface area contributed by atoms with Crippen molar-refractivity contribution >= 4 is 28.5 Å². The van der Waals surface area contributed by atoms with Gasteiger partial charge in [0.1, 0.15) is 18.2 Å². The van der Waals surface area contributed by atoms with Crippen molar-refractivity contribution in [1.82, 2.24) is 9.55 Å². The lowest BCUT2D eigenvalue weighted by Gasteiger charge is -2.12. The summed E-state index contributed by atoms with van der Waals surface area (Å²) in [6, 6.07) is 15.1. The fourth-order valence-electron chi connectivity index (χ4n) is 3.41. The number of alkyl halides is 3. The van der Waals surface area contributed by atoms with Crippen LogP contribution in [0.15, 0.2) is 73.1 Å². The molecule has 2 aromatic heterocycles. The Morgan fingerprint density at radius 2 is 1.84 bits per heavy atom. The van der Waals surface area contributed by atoms with E-state index in [-0.39, 0.29) is 24.1 Å². The molecule has 0 saturated carbocycles. The third kappa shape index (κ3) is 4.31. The average molecular weight is 437 g/mol. The number of hydrogen-bond acceptors (Lipinski definition) is 3. The zero-order chi connectivity index (χ0) is 22.9. The molecule has 0 atom stereocenters. The van der Waals surface area contributed by atoms with Crippen molar-refractivity contribution < 1.29 is 18.0 Å². The van der Waals surface area contributed by atoms with Crippen molar-refractivity contribution in [1.29, 1.82) is 5.41 Å². The number of rotatable bonds is 5. The predicted octanol–water partition coefficient (Wildman–Crippen LogP) is 4.64. The molecule has 9 heteroatoms. The number of aromatic nitrogens is 2. The number of amides is 1. The Hall–Kier alpha value is -4.14. The number of fused-ring (bicyclic) bond motifs is 1. The molecule has 2 heterocycles. The standard InChI is InChI=1S/C23H18F3N5O/c24-23(25,26)17-6-3-14(4-7-17)18-2-1-10-29-22(18)30-20(32)13-31-11-9-15-12-16(21(27)28)5-8-19(15)31/h1-12H,13H2,(H3,27,28)(H,29,30,32). The Morgan fingerprint density at radius 1 is 1.09 bits per heavy atom. The summed E-state index contributed by atoms with van der Waals surface area (Å²) in [5.74, 6) is -0.124. The Morgan fingerprint density at radius 3 is 2.53 bits per heavy atom. The highest BCUT2D eigenvalue weighted by atomic mass is 19.4. The molecule has 162 valence electrons. The Balaban J connectivity index is 1.55. The van der Waals surface area contributed by atoms with Crippen LogP contribution < -0.4 is 11.1 Å². The fraction of sp³-hybridized carbons (Fsp3) is 0.0870. The van der Waals surface area contributed by atoms with E-state index >= 15 is 0 Å². The molecule has 0 fully saturated rings. The predicted molar refractivity (Wildman–Crippen MR) is 116 cm³/mol. The number of halogens is 3. The molecule has 1 amide bonds. The zero-order valence-corrected chi connectivity index (χ0v) is 16.6. The van der Waals surface area contributed by atoms with Crippen LogP contribution in [0.1, 0.15) is 11.1 Å². The van der Waals surface area contributed by atoms with Crippen molar-refractivity contribution in [2.45, 2.75) is 12.7 Å². The van der Waals surface area contributed by atoms with Gasteiger partial charge in [-0.3, -0.25) is 10.2 Å². The highest BCUT2D eigenvalue weighted by Gasteiger charge is 2.30. The topological polar surface area (TPSA) is 96.8 Å². The lowest BCUT2D eigenvalue weighted by Crippen LogP contribution is -2.19. The van der Waals surface area contributed by atoms with Gasteiger partial charge in [0.25, 0.3) is 0 Å². The van der Waals surface area contributed by atoms with Gasteiger partial charge in [-0.1, -0.05) is 12.1 Å². The number of pyridine rings is 1. The third-order valence-electron chi connectivity index (χ3n) is 4.98. The molecule has 0 saturated heterocycles. The van der Waals surface area contributed by atoms with E-state index in [0.717, 1.165) is 23.0 Å². The van der Waals surface area contributed by atoms with Gasteiger partial charge < -0.3 is 15.6 Å². The molecule has 0 radical (unpaired) electrons. The molecule has 32 heavy (non-hydrogen) atoms. The number of hydrogen-bond donors (Lipinski definition) is 3. The first-order valence-electron chi connectivity index (χ1n) is 9.58. The van der Waals surface area contributed by atoms with Crippen molar-refractivity contribution in [2.24, 2.45) is 5.73 Å². The second-order valence-corrected chi connectivity index (χ2v) is 7.15. The lowest BCUT2D eigenvalue weighted by atomic mass is 10.0. The molecule has 0 unspecified atom stereocenters. The van der Waals surface area contributed by atoms with E-state index in [1.165, 1.54) is 18.3 Å². The lowest BCUT2D eigenvalue weighted by molar-refractivity contribution is -0.137. The summed E-state index contributed by atoms with van der Waals surface area (Å²) >= 11 is 0. The minimum atomic E-state index is -4.42. The first-order valence-corrected chi connectivity index (χ1v) is 9.58. The highest BCUT2D eigenvalue weighted by Crippen LogP contribution is 2.32. The van der Waals surface area contributed by atoms with Crippen LogP contribution in [0.4, 0.5) is 19.0 Å². The van der Waals surface area contributed by atoms with Gasteiger partial charge in [-0.2, -0.15) is 13.2 Å². The molecule has 0 aliphatic rings. The number of nitrogens with two attached hydrogens (primary N) is 1. The maximum atomic E-state index is 12.8. The second-order valence-electron chi connectivity index (χ2n) is 7.15. The van der Waals surface area contributed by atoms with Crippen molar-refractivity contribution in [3.05, 3.63) is 84.2 Å². The molecule has 0 aliphatic heterocycles. The van der Waals surface area contributed by atoms with E-state index in [0.29, 0.717) is 16.7 Å². The molecule has 0 spiro atoms. The smallest absolute Gasteiger partial charge is 0.384 e. The van der Waals surface area contributed by atoms with Gasteiger partial charge in [0.05, 0.1) is 5.56 Å². The average Bonchev–Trinajstić information content (AvgIpc) is 3.15. The number of nitrogens with one attached hydrogen (secondary N) is 2. The summed E-state index contributed by atoms with van der Waals surface area (Å²) in [5.41, 5.74) is 7.18. The summed E-state index contributed by atoms with van der Waals surface area (Å²) in [6.45, 7) is 0.00590. The van der Waals surface area contributed by atoms with E-state index in [1.54, 1.807) is 41.1 Å². The number of nitrogens with zero attached hydrogens (tertiary/aromatic N) is 2. The van der Waals surface area contributed by atoms with Gasteiger partial charge in [0.2, 0.25) is 5.91 Å². The SMILES string of the molecule is N=C(N)c1ccc2c(ccn2CC(=O)Nc2ncccc2-c2ccc(C(F)(F)F)cc2)c1. The van der Waals surface area contributed by atoms with Gasteiger partial charge in [-0.15, -0.1) is 0 Å². The fourth-order valence-corrected chi connectivity index (χ4v) is 3.41. The molecule has 4 rings (SSSR count). The second kappa shape index (κ2) is 8.18. The van der Waals surface area contributed by atoms with Gasteiger partial charge in [0.15, 0.2) is 0 Å². The van der Waals surface area contributed by atoms with E-state index in [1.807, 2.05) is 6.07 Å². The molecule has 4 N–H and O–H groups in total. The van der Waals surface area contributed by atoms with Crippen molar-refractivity contribution in [2.75, 3.05) is 5.32 Å². The molecule has 0 aliphatic carbocycles. The van der Waals surface area contributed by atoms with Gasteiger partial charge in [-0.05, 0) is 54.1 Å². The van der Waals surface area contributed by atoms with E-state index in [4.69, 9.17) is 11.1 Å². The van der Waals surface area contributed by atoms with Crippen LogP contribution >= 0.6 is 0 Å². The number of amidine groups is 1. The largest absolute Gasteiger partial charge is 0.416 e. The molecule has 6 nitrogen and oxygen atoms in total. The maximum Gasteiger partial charge on any atom is 0.416 e. The van der Waals surface area contributed by atoms with E-state index < -0.39 is 11.7 Å². The zero-order valence-electron chi connectivity index (χ0n) is 16.6. The van der Waals surface area contributed by atoms with Crippen LogP contribution in [0.25, 0.3) is 22.0 Å². The molecular formula is C23H18F3N5O. The first kappa shape index (κ1) is 21.1. The summed E-state index contributed by atoms with van der Waals surface area (Å²) < 4.78 is 40.3. The number of carbonyl (C=O) groups is 1. The van der Waals surface area contributed by atoms with E-state index in [2.05, 4.69) is 10.3 Å². The summed E-state index contributed by atoms with van der Waals surface area (Å²) in [5, 5.41) is 11.1. The molecule has 0 bridgehead atoms. The van der Waals surface area contributed by atoms with Crippen molar-refractivity contribution in [3.63, 3.8) is 0 Å². The van der Waals surface area contributed by atoms with Crippen molar-refractivity contribution in [3.8, 4) is 11.1 Å². The number of nitrogen functional groups attached to an aromatic ring is 1. The molecule has 2 aromatic carbocycles. The highest BCUT2D eigenvalue weighted by molar-refractivity contribution is 5.99. The number of carbonyl (C=O) groups excluding carboxylic acids is 1. The van der Waals surface area contributed by atoms with Gasteiger partial charge in [-0.25, -0.2) is 4.98 Å². The Kier molecular flexibility index (Phi) is 5.40. The summed E-state index contributed by atoms with van der Waals surface area (Å²) in [6.07, 6.45) is -1.17. The minimum Gasteiger partial charge on any atom is -0.384 e. The van der Waals surface area contributed by atoms with E-state index in [9.17, 15) is 18.0 Å². The first-order chi connectivity index (χ1) is 15.2. The van der Waals surface area contributed by atoms with Crippen LogP contribution in [-0.2, 0) is 17.5 Å². The Labute approximate surface area is 181 Å². The van der Waals surface area contributed by atoms with Gasteiger partial charge in [0, 0.05) is 34.4 Å². The summed E-state index contributed by atoms with van der Waals surface area (Å²) in [4.78, 5) is 16.9. The number of benzene rings is 2. The quantitative estimate of drug-likeness (QED) is 0.313. The monoisotopic (exact) mass is 437 g/mol. The van der Waals surface area contributed by atoms with Crippen LogP contribution in [0.3, 0.4) is 0 Å². The van der Waals surface area contributed by atoms with Crippen LogP contribution in [0.5, 0.6) is 0 Å². The molecular weight excluding hydrogens is 419 g/mol.